The third-order valence-electron chi connectivity index (χ3n) is 3.42. The summed E-state index contributed by atoms with van der Waals surface area (Å²) in [7, 11) is 0. The molecular formula is C19H20N2O3. The fraction of sp³-hybridized carbons (Fsp3) is 0.263. The molecule has 1 unspecified atom stereocenters. The number of carbonyl (C=O) groups excluding carboxylic acids is 1. The maximum Gasteiger partial charge on any atom is 0.258 e. The summed E-state index contributed by atoms with van der Waals surface area (Å²) in [6.07, 6.45) is 0. The van der Waals surface area contributed by atoms with Crippen molar-refractivity contribution in [3.63, 3.8) is 0 Å². The molecule has 5 nitrogen and oxygen atoms in total. The van der Waals surface area contributed by atoms with Crippen molar-refractivity contribution in [1.82, 2.24) is 5.32 Å². The molecule has 2 rings (SSSR count). The van der Waals surface area contributed by atoms with Crippen LogP contribution in [0.25, 0.3) is 0 Å². The van der Waals surface area contributed by atoms with Gasteiger partial charge in [0, 0.05) is 0 Å². The molecule has 1 N–H and O–H groups in total. The molecule has 0 aliphatic heterocycles. The molecule has 0 bridgehead atoms. The lowest BCUT2D eigenvalue weighted by molar-refractivity contribution is -0.123. The Morgan fingerprint density at radius 2 is 1.67 bits per heavy atom. The number of nitriles is 1. The van der Waals surface area contributed by atoms with Crippen molar-refractivity contribution in [2.75, 3.05) is 13.2 Å². The molecule has 0 aliphatic rings. The first-order valence-electron chi connectivity index (χ1n) is 7.77. The van der Waals surface area contributed by atoms with E-state index in [1.807, 2.05) is 44.2 Å². The third-order valence-corrected chi connectivity index (χ3v) is 3.42. The standard InChI is InChI=1S/C19H20N2O3/c1-3-23-17-10-6-16(7-11-17)14(2)21-19(22)13-24-18-8-4-15(12-20)5-9-18/h4-11,14H,3,13H2,1-2H3,(H,21,22). The Hall–Kier alpha value is -3.00. The number of hydrogen-bond acceptors (Lipinski definition) is 4. The number of ether oxygens (including phenoxy) is 2. The number of amides is 1. The largest absolute Gasteiger partial charge is 0.494 e. The van der Waals surface area contributed by atoms with Crippen LogP contribution in [0.5, 0.6) is 11.5 Å². The highest BCUT2D eigenvalue weighted by atomic mass is 16.5. The number of rotatable bonds is 7. The number of nitrogens with zero attached hydrogens (tertiary/aromatic N) is 1. The topological polar surface area (TPSA) is 71.3 Å². The molecule has 5 heteroatoms. The predicted molar refractivity (Wildman–Crippen MR) is 90.8 cm³/mol. The zero-order valence-corrected chi connectivity index (χ0v) is 13.8. The van der Waals surface area contributed by atoms with Crippen LogP contribution in [0.4, 0.5) is 0 Å². The van der Waals surface area contributed by atoms with Crippen LogP contribution < -0.4 is 14.8 Å². The lowest BCUT2D eigenvalue weighted by atomic mass is 10.1. The Labute approximate surface area is 141 Å². The van der Waals surface area contributed by atoms with Crippen LogP contribution in [0.2, 0.25) is 0 Å². The van der Waals surface area contributed by atoms with Crippen LogP contribution in [-0.2, 0) is 4.79 Å². The van der Waals surface area contributed by atoms with E-state index in [1.54, 1.807) is 24.3 Å². The molecule has 0 saturated carbocycles. The van der Waals surface area contributed by atoms with Gasteiger partial charge in [-0.05, 0) is 55.8 Å². The molecule has 1 atom stereocenters. The SMILES string of the molecule is CCOc1ccc(C(C)NC(=O)COc2ccc(C#N)cc2)cc1. The highest BCUT2D eigenvalue weighted by Gasteiger charge is 2.10. The van der Waals surface area contributed by atoms with Crippen LogP contribution in [0.1, 0.15) is 31.0 Å². The molecule has 0 saturated heterocycles. The van der Waals surface area contributed by atoms with Gasteiger partial charge in [0.05, 0.1) is 24.3 Å². The second-order valence-electron chi connectivity index (χ2n) is 5.22. The number of benzene rings is 2. The zero-order valence-electron chi connectivity index (χ0n) is 13.8. The molecule has 0 aliphatic carbocycles. The lowest BCUT2D eigenvalue weighted by Gasteiger charge is -2.15. The normalized spacial score (nSPS) is 11.2. The minimum atomic E-state index is -0.208. The van der Waals surface area contributed by atoms with Crippen molar-refractivity contribution >= 4 is 5.91 Å². The molecule has 0 spiro atoms. The van der Waals surface area contributed by atoms with E-state index in [2.05, 4.69) is 5.32 Å². The molecule has 0 aromatic heterocycles. The summed E-state index contributed by atoms with van der Waals surface area (Å²) in [6, 6.07) is 16.2. The molecule has 0 heterocycles. The van der Waals surface area contributed by atoms with E-state index in [0.29, 0.717) is 17.9 Å². The van der Waals surface area contributed by atoms with Gasteiger partial charge in [-0.15, -0.1) is 0 Å². The molecule has 1 amide bonds. The average molecular weight is 324 g/mol. The highest BCUT2D eigenvalue weighted by molar-refractivity contribution is 5.78. The second-order valence-corrected chi connectivity index (χ2v) is 5.22. The minimum Gasteiger partial charge on any atom is -0.494 e. The fourth-order valence-electron chi connectivity index (χ4n) is 2.16. The van der Waals surface area contributed by atoms with Gasteiger partial charge in [0.15, 0.2) is 6.61 Å². The zero-order chi connectivity index (χ0) is 17.4. The van der Waals surface area contributed by atoms with E-state index in [9.17, 15) is 4.79 Å². The smallest absolute Gasteiger partial charge is 0.258 e. The first-order chi connectivity index (χ1) is 11.6. The van der Waals surface area contributed by atoms with E-state index in [1.165, 1.54) is 0 Å². The van der Waals surface area contributed by atoms with Gasteiger partial charge in [0.25, 0.3) is 5.91 Å². The average Bonchev–Trinajstić information content (AvgIpc) is 2.61. The van der Waals surface area contributed by atoms with Crippen molar-refractivity contribution in [3.8, 4) is 17.6 Å². The molecule has 24 heavy (non-hydrogen) atoms. The van der Waals surface area contributed by atoms with Gasteiger partial charge in [-0.25, -0.2) is 0 Å². The molecular weight excluding hydrogens is 304 g/mol. The summed E-state index contributed by atoms with van der Waals surface area (Å²) >= 11 is 0. The van der Waals surface area contributed by atoms with E-state index >= 15 is 0 Å². The number of nitrogens with one attached hydrogen (secondary N) is 1. The van der Waals surface area contributed by atoms with Crippen LogP contribution in [0.15, 0.2) is 48.5 Å². The summed E-state index contributed by atoms with van der Waals surface area (Å²) in [5.74, 6) is 1.16. The van der Waals surface area contributed by atoms with E-state index < -0.39 is 0 Å². The lowest BCUT2D eigenvalue weighted by Crippen LogP contribution is -2.31. The Morgan fingerprint density at radius 1 is 1.08 bits per heavy atom. The van der Waals surface area contributed by atoms with Crippen molar-refractivity contribution in [3.05, 3.63) is 59.7 Å². The molecule has 2 aromatic rings. The van der Waals surface area contributed by atoms with Gasteiger partial charge in [0.1, 0.15) is 11.5 Å². The Balaban J connectivity index is 1.83. The molecule has 124 valence electrons. The van der Waals surface area contributed by atoms with Gasteiger partial charge in [-0.2, -0.15) is 5.26 Å². The minimum absolute atomic E-state index is 0.0761. The quantitative estimate of drug-likeness (QED) is 0.849. The van der Waals surface area contributed by atoms with Crippen LogP contribution in [0, 0.1) is 11.3 Å². The van der Waals surface area contributed by atoms with Gasteiger partial charge >= 0.3 is 0 Å². The number of hydrogen-bond donors (Lipinski definition) is 1. The van der Waals surface area contributed by atoms with Crippen LogP contribution in [-0.4, -0.2) is 19.1 Å². The van der Waals surface area contributed by atoms with E-state index in [0.717, 1.165) is 11.3 Å². The molecule has 2 aromatic carbocycles. The summed E-state index contributed by atoms with van der Waals surface area (Å²) < 4.78 is 10.8. The maximum atomic E-state index is 12.0. The predicted octanol–water partition coefficient (Wildman–Crippen LogP) is 3.21. The fourth-order valence-corrected chi connectivity index (χ4v) is 2.16. The molecule has 0 radical (unpaired) electrons. The van der Waals surface area contributed by atoms with Crippen molar-refractivity contribution in [1.29, 1.82) is 5.26 Å². The maximum absolute atomic E-state index is 12.0. The van der Waals surface area contributed by atoms with Crippen LogP contribution >= 0.6 is 0 Å². The second kappa shape index (κ2) is 8.59. The molecule has 0 fully saturated rings. The van der Waals surface area contributed by atoms with E-state index in [-0.39, 0.29) is 18.6 Å². The summed E-state index contributed by atoms with van der Waals surface area (Å²) in [4.78, 5) is 12.0. The van der Waals surface area contributed by atoms with Gasteiger partial charge in [-0.3, -0.25) is 4.79 Å². The Bertz CT molecular complexity index is 703. The highest BCUT2D eigenvalue weighted by Crippen LogP contribution is 2.17. The first kappa shape index (κ1) is 17.4. The van der Waals surface area contributed by atoms with Crippen molar-refractivity contribution in [2.24, 2.45) is 0 Å². The summed E-state index contributed by atoms with van der Waals surface area (Å²) in [5.41, 5.74) is 1.54. The third kappa shape index (κ3) is 5.03. The van der Waals surface area contributed by atoms with E-state index in [4.69, 9.17) is 14.7 Å². The summed E-state index contributed by atoms with van der Waals surface area (Å²) in [6.45, 7) is 4.39. The Morgan fingerprint density at radius 3 is 2.25 bits per heavy atom. The van der Waals surface area contributed by atoms with Gasteiger partial charge < -0.3 is 14.8 Å². The Kier molecular flexibility index (Phi) is 6.21. The van der Waals surface area contributed by atoms with Gasteiger partial charge in [0.2, 0.25) is 0 Å². The monoisotopic (exact) mass is 324 g/mol. The van der Waals surface area contributed by atoms with Crippen LogP contribution in [0.3, 0.4) is 0 Å². The van der Waals surface area contributed by atoms with Gasteiger partial charge in [-0.1, -0.05) is 12.1 Å². The van der Waals surface area contributed by atoms with Crippen molar-refractivity contribution < 1.29 is 14.3 Å². The number of carbonyl (C=O) groups is 1. The summed E-state index contributed by atoms with van der Waals surface area (Å²) in [5, 5.41) is 11.6. The van der Waals surface area contributed by atoms with Crippen molar-refractivity contribution in [2.45, 2.75) is 19.9 Å². The first-order valence-corrected chi connectivity index (χ1v) is 7.77.